The van der Waals surface area contributed by atoms with Gasteiger partial charge in [0.1, 0.15) is 17.0 Å². The third kappa shape index (κ3) is 3.70. The van der Waals surface area contributed by atoms with Crippen molar-refractivity contribution in [3.05, 3.63) is 119 Å². The van der Waals surface area contributed by atoms with Crippen molar-refractivity contribution in [3.8, 4) is 28.5 Å². The Hall–Kier alpha value is -4.49. The zero-order valence-corrected chi connectivity index (χ0v) is 20.2. The van der Waals surface area contributed by atoms with Gasteiger partial charge >= 0.3 is 0 Å². The summed E-state index contributed by atoms with van der Waals surface area (Å²) < 4.78 is 5.36. The smallest absolute Gasteiger partial charge is 0.269 e. The van der Waals surface area contributed by atoms with Gasteiger partial charge in [0.15, 0.2) is 5.65 Å². The fraction of sp³-hybridized carbons (Fsp3) is 0.0714. The molecule has 7 nitrogen and oxygen atoms in total. The van der Waals surface area contributed by atoms with E-state index in [2.05, 4.69) is 21.6 Å². The second-order valence-electron chi connectivity index (χ2n) is 8.30. The van der Waals surface area contributed by atoms with Crippen molar-refractivity contribution >= 4 is 22.6 Å². The average Bonchev–Trinajstić information content (AvgIpc) is 3.57. The molecule has 0 saturated carbocycles. The van der Waals surface area contributed by atoms with Gasteiger partial charge in [-0.3, -0.25) is 9.36 Å². The topological polar surface area (TPSA) is 70.5 Å². The summed E-state index contributed by atoms with van der Waals surface area (Å²) in [6.45, 7) is 2.08. The zero-order chi connectivity index (χ0) is 24.6. The minimum atomic E-state index is -0.202. The van der Waals surface area contributed by atoms with Crippen LogP contribution in [0, 0.1) is 0 Å². The van der Waals surface area contributed by atoms with E-state index in [9.17, 15) is 4.79 Å². The normalized spacial score (nSPS) is 11.3. The van der Waals surface area contributed by atoms with E-state index in [0.29, 0.717) is 27.6 Å². The van der Waals surface area contributed by atoms with Crippen molar-refractivity contribution in [2.24, 2.45) is 0 Å². The van der Waals surface area contributed by atoms with Crippen LogP contribution in [-0.2, 0) is 6.42 Å². The van der Waals surface area contributed by atoms with Gasteiger partial charge in [0.25, 0.3) is 5.56 Å². The summed E-state index contributed by atoms with van der Waals surface area (Å²) in [6.07, 6.45) is 6.14. The summed E-state index contributed by atoms with van der Waals surface area (Å²) >= 11 is 6.13. The van der Waals surface area contributed by atoms with Crippen molar-refractivity contribution in [3.63, 3.8) is 0 Å². The maximum atomic E-state index is 13.8. The molecule has 0 radical (unpaired) electrons. The average molecular weight is 493 g/mol. The molecule has 0 aliphatic rings. The number of rotatable bonds is 5. The fourth-order valence-corrected chi connectivity index (χ4v) is 4.48. The van der Waals surface area contributed by atoms with Crippen LogP contribution in [0.3, 0.4) is 0 Å². The first-order chi connectivity index (χ1) is 17.6. The van der Waals surface area contributed by atoms with Gasteiger partial charge < -0.3 is 4.57 Å². The molecule has 0 spiro atoms. The highest BCUT2D eigenvalue weighted by atomic mass is 35.5. The minimum Gasteiger partial charge on any atom is -0.304 e. The molecule has 0 saturated heterocycles. The summed E-state index contributed by atoms with van der Waals surface area (Å²) in [5.41, 5.74) is 3.59. The summed E-state index contributed by atoms with van der Waals surface area (Å²) in [7, 11) is 0. The first-order valence-corrected chi connectivity index (χ1v) is 12.0. The largest absolute Gasteiger partial charge is 0.304 e. The Bertz CT molecular complexity index is 1730. The maximum Gasteiger partial charge on any atom is 0.269 e. The molecular weight excluding hydrogens is 472 g/mol. The molecule has 0 fully saturated rings. The summed E-state index contributed by atoms with van der Waals surface area (Å²) in [6, 6.07) is 24.8. The number of nitrogens with zero attached hydrogens (tertiary/aromatic N) is 6. The molecule has 3 heterocycles. The number of imidazole rings is 1. The lowest BCUT2D eigenvalue weighted by Gasteiger charge is -2.14. The van der Waals surface area contributed by atoms with Gasteiger partial charge in [-0.15, -0.1) is 0 Å². The maximum absolute atomic E-state index is 13.8. The molecule has 6 rings (SSSR count). The number of aryl methyl sites for hydroxylation is 1. The number of benzene rings is 3. The predicted octanol–water partition coefficient (Wildman–Crippen LogP) is 5.64. The quantitative estimate of drug-likeness (QED) is 0.312. The van der Waals surface area contributed by atoms with Gasteiger partial charge in [0, 0.05) is 35.1 Å². The molecule has 176 valence electrons. The fourth-order valence-electron chi connectivity index (χ4n) is 4.35. The van der Waals surface area contributed by atoms with Crippen molar-refractivity contribution in [2.45, 2.75) is 13.3 Å². The highest BCUT2D eigenvalue weighted by molar-refractivity contribution is 6.30. The number of hydrogen-bond acceptors (Lipinski definition) is 4. The van der Waals surface area contributed by atoms with E-state index >= 15 is 0 Å². The molecule has 36 heavy (non-hydrogen) atoms. The monoisotopic (exact) mass is 492 g/mol. The number of hydrogen-bond donors (Lipinski definition) is 0. The van der Waals surface area contributed by atoms with Crippen LogP contribution in [0.15, 0.2) is 102 Å². The van der Waals surface area contributed by atoms with E-state index in [4.69, 9.17) is 16.6 Å². The Balaban J connectivity index is 1.58. The van der Waals surface area contributed by atoms with E-state index in [-0.39, 0.29) is 5.56 Å². The highest BCUT2D eigenvalue weighted by Gasteiger charge is 2.19. The minimum absolute atomic E-state index is 0.202. The Morgan fingerprint density at radius 2 is 1.58 bits per heavy atom. The van der Waals surface area contributed by atoms with Crippen LogP contribution >= 0.6 is 11.6 Å². The Labute approximate surface area is 211 Å². The van der Waals surface area contributed by atoms with Crippen LogP contribution in [0.1, 0.15) is 12.7 Å². The van der Waals surface area contributed by atoms with Crippen LogP contribution < -0.4 is 5.56 Å². The first kappa shape index (κ1) is 22.0. The molecular formula is C28H21ClN6O. The van der Waals surface area contributed by atoms with E-state index < -0.39 is 0 Å². The molecule has 0 N–H and O–H groups in total. The second kappa shape index (κ2) is 8.94. The van der Waals surface area contributed by atoms with Crippen LogP contribution in [0.2, 0.25) is 5.02 Å². The molecule has 6 aromatic rings. The van der Waals surface area contributed by atoms with E-state index in [1.54, 1.807) is 33.8 Å². The number of halogens is 1. The van der Waals surface area contributed by atoms with E-state index in [1.807, 2.05) is 72.9 Å². The van der Waals surface area contributed by atoms with Gasteiger partial charge in [-0.2, -0.15) is 5.10 Å². The SMILES string of the molecule is CCc1nccn1-c1ccc(-c2nc3c(cnn3-c3ccccc3)c(=O)n2-c2ccc(Cl)cc2)cc1. The van der Waals surface area contributed by atoms with E-state index in [0.717, 1.165) is 29.2 Å². The van der Waals surface area contributed by atoms with Crippen molar-refractivity contribution in [1.82, 2.24) is 28.9 Å². The number of aromatic nitrogens is 6. The van der Waals surface area contributed by atoms with Gasteiger partial charge in [0.05, 0.1) is 17.6 Å². The number of fused-ring (bicyclic) bond motifs is 1. The number of para-hydroxylation sites is 1. The Morgan fingerprint density at radius 1 is 0.861 bits per heavy atom. The van der Waals surface area contributed by atoms with Crippen molar-refractivity contribution in [2.75, 3.05) is 0 Å². The molecule has 0 bridgehead atoms. The summed E-state index contributed by atoms with van der Waals surface area (Å²) in [5.74, 6) is 1.49. The van der Waals surface area contributed by atoms with Crippen LogP contribution in [0.4, 0.5) is 0 Å². The third-order valence-corrected chi connectivity index (χ3v) is 6.38. The lowest BCUT2D eigenvalue weighted by Crippen LogP contribution is -2.22. The van der Waals surface area contributed by atoms with Crippen LogP contribution in [-0.4, -0.2) is 28.9 Å². The molecule has 0 unspecified atom stereocenters. The lowest BCUT2D eigenvalue weighted by molar-refractivity contribution is 0.887. The van der Waals surface area contributed by atoms with Crippen molar-refractivity contribution in [1.29, 1.82) is 0 Å². The molecule has 0 atom stereocenters. The Kier molecular flexibility index (Phi) is 5.47. The molecule has 0 aliphatic heterocycles. The predicted molar refractivity (Wildman–Crippen MR) is 141 cm³/mol. The second-order valence-corrected chi connectivity index (χ2v) is 8.73. The van der Waals surface area contributed by atoms with Crippen LogP contribution in [0.25, 0.3) is 39.5 Å². The first-order valence-electron chi connectivity index (χ1n) is 11.6. The highest BCUT2D eigenvalue weighted by Crippen LogP contribution is 2.25. The summed E-state index contributed by atoms with van der Waals surface area (Å²) in [5, 5.41) is 5.51. The van der Waals surface area contributed by atoms with Crippen molar-refractivity contribution < 1.29 is 0 Å². The van der Waals surface area contributed by atoms with Gasteiger partial charge in [-0.1, -0.05) is 36.7 Å². The van der Waals surface area contributed by atoms with Gasteiger partial charge in [0.2, 0.25) is 0 Å². The summed E-state index contributed by atoms with van der Waals surface area (Å²) in [4.78, 5) is 23.2. The standard InChI is InChI=1S/C28H21ClN6O/c1-2-25-30-16-17-33(25)21-12-8-19(9-13-21)26-32-27-24(18-31-35(27)23-6-4-3-5-7-23)28(36)34(26)22-14-10-20(29)11-15-22/h3-18H,2H2,1H3. The van der Waals surface area contributed by atoms with Gasteiger partial charge in [-0.25, -0.2) is 14.6 Å². The molecule has 8 heteroatoms. The molecule has 0 amide bonds. The zero-order valence-electron chi connectivity index (χ0n) is 19.4. The van der Waals surface area contributed by atoms with Gasteiger partial charge in [-0.05, 0) is 60.7 Å². The molecule has 3 aromatic carbocycles. The molecule has 0 aliphatic carbocycles. The van der Waals surface area contributed by atoms with E-state index in [1.165, 1.54) is 0 Å². The lowest BCUT2D eigenvalue weighted by atomic mass is 10.1. The van der Waals surface area contributed by atoms with Crippen LogP contribution in [0.5, 0.6) is 0 Å². The third-order valence-electron chi connectivity index (χ3n) is 6.12. The molecule has 3 aromatic heterocycles. The Morgan fingerprint density at radius 3 is 2.31 bits per heavy atom.